The molecule has 0 heterocycles. The van der Waals surface area contributed by atoms with Gasteiger partial charge in [0.2, 0.25) is 15.9 Å². The van der Waals surface area contributed by atoms with Crippen molar-refractivity contribution in [2.45, 2.75) is 24.8 Å². The number of likely N-dealkylation sites (N-methyl/N-ethyl adjacent to an activating group) is 1. The molecule has 114 valence electrons. The molecule has 0 atom stereocenters. The van der Waals surface area contributed by atoms with Gasteiger partial charge in [0.1, 0.15) is 4.90 Å². The molecule has 0 spiro atoms. The van der Waals surface area contributed by atoms with Crippen LogP contribution in [0, 0.1) is 11.3 Å². The van der Waals surface area contributed by atoms with E-state index in [1.54, 1.807) is 13.8 Å². The Bertz CT molecular complexity index is 677. The number of hydrogen-bond acceptors (Lipinski definition) is 5. The lowest BCUT2D eigenvalue weighted by atomic mass is 10.2. The van der Waals surface area contributed by atoms with E-state index in [0.29, 0.717) is 0 Å². The third-order valence-electron chi connectivity index (χ3n) is 2.64. The summed E-state index contributed by atoms with van der Waals surface area (Å²) in [6, 6.07) is 5.72. The van der Waals surface area contributed by atoms with Crippen molar-refractivity contribution < 1.29 is 13.2 Å². The van der Waals surface area contributed by atoms with Crippen LogP contribution in [0.2, 0.25) is 0 Å². The lowest BCUT2D eigenvalue weighted by Crippen LogP contribution is -2.40. The van der Waals surface area contributed by atoms with E-state index >= 15 is 0 Å². The maximum absolute atomic E-state index is 12.4. The summed E-state index contributed by atoms with van der Waals surface area (Å²) < 4.78 is 25.6. The van der Waals surface area contributed by atoms with Crippen LogP contribution in [0.15, 0.2) is 23.1 Å². The number of carbonyl (C=O) groups is 1. The quantitative estimate of drug-likeness (QED) is 0.758. The van der Waals surface area contributed by atoms with E-state index in [2.05, 4.69) is 5.32 Å². The molecule has 0 aliphatic heterocycles. The topological polar surface area (TPSA) is 116 Å². The Labute approximate surface area is 124 Å². The fraction of sp³-hybridized carbons (Fsp3) is 0.385. The number of nitrogens with one attached hydrogen (secondary N) is 1. The van der Waals surface area contributed by atoms with Crippen LogP contribution in [0.3, 0.4) is 0 Å². The van der Waals surface area contributed by atoms with Gasteiger partial charge in [-0.05, 0) is 32.0 Å². The molecule has 1 rings (SSSR count). The minimum atomic E-state index is -3.89. The third kappa shape index (κ3) is 4.18. The van der Waals surface area contributed by atoms with E-state index in [0.717, 1.165) is 4.31 Å². The molecule has 0 aromatic heterocycles. The van der Waals surface area contributed by atoms with Crippen LogP contribution < -0.4 is 11.1 Å². The van der Waals surface area contributed by atoms with Gasteiger partial charge in [-0.15, -0.1) is 0 Å². The van der Waals surface area contributed by atoms with Gasteiger partial charge in [0, 0.05) is 13.1 Å². The smallest absolute Gasteiger partial charge is 0.245 e. The summed E-state index contributed by atoms with van der Waals surface area (Å²) in [5, 5.41) is 11.4. The molecule has 3 N–H and O–H groups in total. The lowest BCUT2D eigenvalue weighted by Gasteiger charge is -2.18. The van der Waals surface area contributed by atoms with E-state index in [1.807, 2.05) is 6.07 Å². The molecule has 1 aromatic carbocycles. The maximum Gasteiger partial charge on any atom is 0.245 e. The monoisotopic (exact) mass is 310 g/mol. The lowest BCUT2D eigenvalue weighted by molar-refractivity contribution is -0.121. The predicted octanol–water partition coefficient (Wildman–Crippen LogP) is 0.286. The first-order chi connectivity index (χ1) is 9.68. The van der Waals surface area contributed by atoms with Gasteiger partial charge in [0.15, 0.2) is 0 Å². The van der Waals surface area contributed by atoms with Crippen molar-refractivity contribution in [2.24, 2.45) is 0 Å². The molecule has 0 aliphatic carbocycles. The summed E-state index contributed by atoms with van der Waals surface area (Å²) in [5.74, 6) is -0.400. The number of nitrogens with two attached hydrogens (primary N) is 1. The largest absolute Gasteiger partial charge is 0.398 e. The van der Waals surface area contributed by atoms with Crippen LogP contribution in [0.4, 0.5) is 5.69 Å². The normalized spacial score (nSPS) is 11.4. The molecule has 7 nitrogen and oxygen atoms in total. The van der Waals surface area contributed by atoms with E-state index in [4.69, 9.17) is 11.0 Å². The van der Waals surface area contributed by atoms with Gasteiger partial charge >= 0.3 is 0 Å². The van der Waals surface area contributed by atoms with Crippen molar-refractivity contribution in [3.05, 3.63) is 23.8 Å². The summed E-state index contributed by atoms with van der Waals surface area (Å²) in [5.41, 5.74) is 5.92. The molecule has 0 saturated carbocycles. The number of amides is 1. The number of hydrogen-bond donors (Lipinski definition) is 2. The van der Waals surface area contributed by atoms with Crippen molar-refractivity contribution in [1.82, 2.24) is 9.62 Å². The molecule has 0 radical (unpaired) electrons. The summed E-state index contributed by atoms with van der Waals surface area (Å²) in [4.78, 5) is 11.5. The average molecular weight is 310 g/mol. The fourth-order valence-electron chi connectivity index (χ4n) is 1.68. The highest BCUT2D eigenvalue weighted by Gasteiger charge is 2.25. The van der Waals surface area contributed by atoms with E-state index in [9.17, 15) is 13.2 Å². The highest BCUT2D eigenvalue weighted by Crippen LogP contribution is 2.22. The van der Waals surface area contributed by atoms with Gasteiger partial charge in [-0.2, -0.15) is 9.57 Å². The van der Waals surface area contributed by atoms with Gasteiger partial charge in [-0.25, -0.2) is 8.42 Å². The molecule has 1 aromatic rings. The average Bonchev–Trinajstić information content (AvgIpc) is 2.36. The molecule has 0 unspecified atom stereocenters. The standard InChI is InChI=1S/C13H18N4O3S/c1-9(2)16-13(18)8-17(3)21(19,20)12-5-4-10(7-14)6-11(12)15/h4-6,9H,8,15H2,1-3H3,(H,16,18). The van der Waals surface area contributed by atoms with Crippen LogP contribution in [0.1, 0.15) is 19.4 Å². The Morgan fingerprint density at radius 1 is 1.48 bits per heavy atom. The minimum Gasteiger partial charge on any atom is -0.398 e. The van der Waals surface area contributed by atoms with E-state index < -0.39 is 15.9 Å². The summed E-state index contributed by atoms with van der Waals surface area (Å²) >= 11 is 0. The number of carbonyl (C=O) groups excluding carboxylic acids is 1. The van der Waals surface area contributed by atoms with Gasteiger partial charge < -0.3 is 11.1 Å². The number of nitriles is 1. The van der Waals surface area contributed by atoms with Gasteiger partial charge in [0.05, 0.1) is 23.9 Å². The Morgan fingerprint density at radius 3 is 2.57 bits per heavy atom. The SMILES string of the molecule is CC(C)NC(=O)CN(C)S(=O)(=O)c1ccc(C#N)cc1N. The number of benzene rings is 1. The molecular formula is C13H18N4O3S. The number of nitrogens with zero attached hydrogens (tertiary/aromatic N) is 2. The van der Waals surface area contributed by atoms with Crippen molar-refractivity contribution in [3.63, 3.8) is 0 Å². The second kappa shape index (κ2) is 6.56. The van der Waals surface area contributed by atoms with Crippen molar-refractivity contribution in [1.29, 1.82) is 5.26 Å². The van der Waals surface area contributed by atoms with Gasteiger partial charge in [0.25, 0.3) is 0 Å². The maximum atomic E-state index is 12.4. The number of anilines is 1. The summed E-state index contributed by atoms with van der Waals surface area (Å²) in [6.45, 7) is 3.26. The third-order valence-corrected chi connectivity index (χ3v) is 4.52. The Morgan fingerprint density at radius 2 is 2.10 bits per heavy atom. The predicted molar refractivity (Wildman–Crippen MR) is 78.7 cm³/mol. The van der Waals surface area contributed by atoms with Crippen molar-refractivity contribution in [2.75, 3.05) is 19.3 Å². The zero-order chi connectivity index (χ0) is 16.2. The van der Waals surface area contributed by atoms with Crippen LogP contribution >= 0.6 is 0 Å². The molecule has 0 fully saturated rings. The van der Waals surface area contributed by atoms with Crippen LogP contribution in [0.25, 0.3) is 0 Å². The van der Waals surface area contributed by atoms with Crippen LogP contribution in [0.5, 0.6) is 0 Å². The Hall–Kier alpha value is -2.11. The van der Waals surface area contributed by atoms with Gasteiger partial charge in [-0.3, -0.25) is 4.79 Å². The molecule has 21 heavy (non-hydrogen) atoms. The summed E-state index contributed by atoms with van der Waals surface area (Å²) in [6.07, 6.45) is 0. The van der Waals surface area contributed by atoms with Crippen molar-refractivity contribution >= 4 is 21.6 Å². The molecule has 0 saturated heterocycles. The molecular weight excluding hydrogens is 292 g/mol. The highest BCUT2D eigenvalue weighted by molar-refractivity contribution is 7.89. The summed E-state index contributed by atoms with van der Waals surface area (Å²) in [7, 11) is -2.59. The van der Waals surface area contributed by atoms with Crippen LogP contribution in [-0.2, 0) is 14.8 Å². The minimum absolute atomic E-state index is 0.0230. The number of sulfonamides is 1. The molecule has 0 bridgehead atoms. The van der Waals surface area contributed by atoms with E-state index in [-0.39, 0.29) is 28.7 Å². The second-order valence-electron chi connectivity index (χ2n) is 4.85. The first kappa shape index (κ1) is 16.9. The molecule has 8 heteroatoms. The molecule has 0 aliphatic rings. The van der Waals surface area contributed by atoms with Gasteiger partial charge in [-0.1, -0.05) is 0 Å². The second-order valence-corrected chi connectivity index (χ2v) is 6.86. The zero-order valence-corrected chi connectivity index (χ0v) is 12.9. The van der Waals surface area contributed by atoms with Crippen LogP contribution in [-0.4, -0.2) is 38.3 Å². The van der Waals surface area contributed by atoms with Crippen molar-refractivity contribution in [3.8, 4) is 6.07 Å². The Kier molecular flexibility index (Phi) is 5.29. The number of nitrogen functional groups attached to an aromatic ring is 1. The first-order valence-electron chi connectivity index (χ1n) is 6.23. The zero-order valence-electron chi connectivity index (χ0n) is 12.1. The molecule has 1 amide bonds. The number of rotatable bonds is 5. The Balaban J connectivity index is 3.00. The van der Waals surface area contributed by atoms with E-state index in [1.165, 1.54) is 25.2 Å². The highest BCUT2D eigenvalue weighted by atomic mass is 32.2. The fourth-order valence-corrected chi connectivity index (χ4v) is 2.90. The first-order valence-corrected chi connectivity index (χ1v) is 7.67.